The van der Waals surface area contributed by atoms with E-state index < -0.39 is 0 Å². The molecular weight excluding hydrogens is 253 g/mol. The molecule has 0 radical (unpaired) electrons. The minimum atomic E-state index is 0.475. The van der Waals surface area contributed by atoms with E-state index in [4.69, 9.17) is 16.0 Å². The lowest BCUT2D eigenvalue weighted by Gasteiger charge is -1.97. The van der Waals surface area contributed by atoms with Gasteiger partial charge >= 0.3 is 0 Å². The van der Waals surface area contributed by atoms with Crippen molar-refractivity contribution in [3.63, 3.8) is 0 Å². The summed E-state index contributed by atoms with van der Waals surface area (Å²) in [6.45, 7) is 1.83. The third kappa shape index (κ3) is 1.58. The topological polar surface area (TPSA) is 26.0 Å². The summed E-state index contributed by atoms with van der Waals surface area (Å²) >= 11 is 9.17. The smallest absolute Gasteiger partial charge is 0.192 e. The lowest BCUT2D eigenvalue weighted by molar-refractivity contribution is 0.561. The van der Waals surface area contributed by atoms with Gasteiger partial charge in [-0.1, -0.05) is 15.9 Å². The minimum absolute atomic E-state index is 0.475. The molecule has 0 bridgehead atoms. The van der Waals surface area contributed by atoms with Crippen molar-refractivity contribution >= 4 is 38.6 Å². The number of aromatic nitrogens is 1. The molecule has 2 nitrogen and oxygen atoms in total. The van der Waals surface area contributed by atoms with Gasteiger partial charge in [-0.3, -0.25) is 0 Å². The molecule has 0 aliphatic rings. The lowest BCUT2D eigenvalue weighted by atomic mass is 10.2. The normalized spacial score (nSPS) is 11.0. The van der Waals surface area contributed by atoms with Crippen molar-refractivity contribution in [2.45, 2.75) is 12.8 Å². The van der Waals surface area contributed by atoms with Gasteiger partial charge in [0.05, 0.1) is 0 Å². The van der Waals surface area contributed by atoms with Crippen LogP contribution in [-0.2, 0) is 5.88 Å². The molecule has 1 heterocycles. The zero-order valence-corrected chi connectivity index (χ0v) is 9.32. The molecule has 0 N–H and O–H groups in total. The molecule has 13 heavy (non-hydrogen) atoms. The molecule has 0 fully saturated rings. The summed E-state index contributed by atoms with van der Waals surface area (Å²) in [5.41, 5.74) is 2.68. The summed E-state index contributed by atoms with van der Waals surface area (Å²) in [6.07, 6.45) is 0. The van der Waals surface area contributed by atoms with Crippen LogP contribution in [0.2, 0.25) is 0 Å². The molecule has 0 amide bonds. The highest BCUT2D eigenvalue weighted by atomic mass is 79.9. The SMILES string of the molecule is Cc1nc2cc(CCl)c(Br)cc2o1. The Hall–Kier alpha value is -0.540. The Bertz CT molecular complexity index is 452. The van der Waals surface area contributed by atoms with Crippen LogP contribution in [0.1, 0.15) is 11.5 Å². The third-order valence-electron chi connectivity index (χ3n) is 1.81. The predicted octanol–water partition coefficient (Wildman–Crippen LogP) is 3.64. The molecule has 0 aliphatic heterocycles. The van der Waals surface area contributed by atoms with Crippen LogP contribution in [0.3, 0.4) is 0 Å². The van der Waals surface area contributed by atoms with Crippen molar-refractivity contribution in [1.29, 1.82) is 0 Å². The highest BCUT2D eigenvalue weighted by Gasteiger charge is 2.06. The van der Waals surface area contributed by atoms with E-state index in [2.05, 4.69) is 20.9 Å². The number of hydrogen-bond acceptors (Lipinski definition) is 2. The van der Waals surface area contributed by atoms with Crippen molar-refractivity contribution in [2.24, 2.45) is 0 Å². The molecule has 0 saturated carbocycles. The zero-order chi connectivity index (χ0) is 9.42. The molecule has 2 aromatic rings. The maximum Gasteiger partial charge on any atom is 0.192 e. The summed E-state index contributed by atoms with van der Waals surface area (Å²) in [7, 11) is 0. The van der Waals surface area contributed by atoms with E-state index in [1.54, 1.807) is 0 Å². The van der Waals surface area contributed by atoms with Gasteiger partial charge in [0, 0.05) is 17.3 Å². The first-order valence-corrected chi connectivity index (χ1v) is 5.15. The lowest BCUT2D eigenvalue weighted by Crippen LogP contribution is -1.80. The van der Waals surface area contributed by atoms with Crippen LogP contribution in [0.4, 0.5) is 0 Å². The standard InChI is InChI=1S/C9H7BrClNO/c1-5-12-8-2-6(4-11)7(10)3-9(8)13-5/h2-3H,4H2,1H3. The van der Waals surface area contributed by atoms with Gasteiger partial charge in [0.1, 0.15) is 5.52 Å². The molecule has 2 rings (SSSR count). The summed E-state index contributed by atoms with van der Waals surface area (Å²) in [5, 5.41) is 0. The molecule has 1 aromatic heterocycles. The number of fused-ring (bicyclic) bond motifs is 1. The molecule has 0 atom stereocenters. The average Bonchev–Trinajstić information content (AvgIpc) is 2.42. The van der Waals surface area contributed by atoms with Crippen molar-refractivity contribution in [1.82, 2.24) is 4.98 Å². The van der Waals surface area contributed by atoms with Crippen LogP contribution in [0.5, 0.6) is 0 Å². The van der Waals surface area contributed by atoms with Crippen LogP contribution >= 0.6 is 27.5 Å². The number of aryl methyl sites for hydroxylation is 1. The molecule has 68 valence electrons. The Morgan fingerprint density at radius 3 is 3.00 bits per heavy atom. The second-order valence-corrected chi connectivity index (χ2v) is 3.90. The summed E-state index contributed by atoms with van der Waals surface area (Å²) in [6, 6.07) is 3.83. The van der Waals surface area contributed by atoms with Gasteiger partial charge in [-0.2, -0.15) is 0 Å². The van der Waals surface area contributed by atoms with Crippen LogP contribution in [0, 0.1) is 6.92 Å². The van der Waals surface area contributed by atoms with Crippen molar-refractivity contribution < 1.29 is 4.42 Å². The first-order valence-electron chi connectivity index (χ1n) is 3.82. The monoisotopic (exact) mass is 259 g/mol. The fraction of sp³-hybridized carbons (Fsp3) is 0.222. The first-order chi connectivity index (χ1) is 6.20. The second kappa shape index (κ2) is 3.31. The fourth-order valence-electron chi connectivity index (χ4n) is 1.21. The molecular formula is C9H7BrClNO. The molecule has 0 aliphatic carbocycles. The Kier molecular flexibility index (Phi) is 2.30. The molecule has 4 heteroatoms. The Morgan fingerprint density at radius 2 is 2.31 bits per heavy atom. The Morgan fingerprint density at radius 1 is 1.54 bits per heavy atom. The van der Waals surface area contributed by atoms with Gasteiger partial charge in [-0.25, -0.2) is 4.98 Å². The van der Waals surface area contributed by atoms with E-state index in [9.17, 15) is 0 Å². The van der Waals surface area contributed by atoms with E-state index in [0.29, 0.717) is 11.8 Å². The minimum Gasteiger partial charge on any atom is -0.441 e. The maximum atomic E-state index is 5.75. The Labute approximate surface area is 89.0 Å². The van der Waals surface area contributed by atoms with E-state index in [0.717, 1.165) is 21.1 Å². The third-order valence-corrected chi connectivity index (χ3v) is 2.83. The number of benzene rings is 1. The molecule has 0 saturated heterocycles. The van der Waals surface area contributed by atoms with E-state index >= 15 is 0 Å². The number of halogens is 2. The van der Waals surface area contributed by atoms with Gasteiger partial charge in [-0.05, 0) is 17.7 Å². The van der Waals surface area contributed by atoms with Gasteiger partial charge < -0.3 is 4.42 Å². The number of rotatable bonds is 1. The number of alkyl halides is 1. The zero-order valence-electron chi connectivity index (χ0n) is 6.97. The first kappa shape index (κ1) is 9.03. The number of oxazole rings is 1. The van der Waals surface area contributed by atoms with Crippen LogP contribution < -0.4 is 0 Å². The van der Waals surface area contributed by atoms with Gasteiger partial charge in [0.2, 0.25) is 0 Å². The van der Waals surface area contributed by atoms with Gasteiger partial charge in [0.15, 0.2) is 11.5 Å². The quantitative estimate of drug-likeness (QED) is 0.732. The number of hydrogen-bond donors (Lipinski definition) is 0. The predicted molar refractivity (Wildman–Crippen MR) is 56.0 cm³/mol. The van der Waals surface area contributed by atoms with Crippen LogP contribution in [-0.4, -0.2) is 4.98 Å². The number of nitrogens with zero attached hydrogens (tertiary/aromatic N) is 1. The average molecular weight is 261 g/mol. The van der Waals surface area contributed by atoms with Crippen molar-refractivity contribution in [3.8, 4) is 0 Å². The maximum absolute atomic E-state index is 5.75. The van der Waals surface area contributed by atoms with Crippen molar-refractivity contribution in [3.05, 3.63) is 28.1 Å². The molecule has 1 aromatic carbocycles. The highest BCUT2D eigenvalue weighted by molar-refractivity contribution is 9.10. The summed E-state index contributed by atoms with van der Waals surface area (Å²) in [5.74, 6) is 1.15. The Balaban J connectivity index is 2.72. The van der Waals surface area contributed by atoms with Gasteiger partial charge in [0.25, 0.3) is 0 Å². The van der Waals surface area contributed by atoms with E-state index in [-0.39, 0.29) is 0 Å². The van der Waals surface area contributed by atoms with Crippen molar-refractivity contribution in [2.75, 3.05) is 0 Å². The molecule has 0 spiro atoms. The summed E-state index contributed by atoms with van der Waals surface area (Å²) < 4.78 is 6.33. The highest BCUT2D eigenvalue weighted by Crippen LogP contribution is 2.25. The summed E-state index contributed by atoms with van der Waals surface area (Å²) in [4.78, 5) is 4.22. The van der Waals surface area contributed by atoms with Gasteiger partial charge in [-0.15, -0.1) is 11.6 Å². The second-order valence-electron chi connectivity index (χ2n) is 2.78. The molecule has 0 unspecified atom stereocenters. The van der Waals surface area contributed by atoms with Crippen LogP contribution in [0.25, 0.3) is 11.1 Å². The van der Waals surface area contributed by atoms with E-state index in [1.807, 2.05) is 19.1 Å². The van der Waals surface area contributed by atoms with Crippen LogP contribution in [0.15, 0.2) is 21.0 Å². The largest absolute Gasteiger partial charge is 0.441 e. The van der Waals surface area contributed by atoms with E-state index in [1.165, 1.54) is 0 Å². The fourth-order valence-corrected chi connectivity index (χ4v) is 2.06.